The molecule has 2 aromatic carbocycles. The van der Waals surface area contributed by atoms with E-state index >= 15 is 0 Å². The van der Waals surface area contributed by atoms with Gasteiger partial charge in [0.15, 0.2) is 0 Å². The molecule has 0 spiro atoms. The number of esters is 1. The van der Waals surface area contributed by atoms with Crippen LogP contribution in [0.25, 0.3) is 11.1 Å². The summed E-state index contributed by atoms with van der Waals surface area (Å²) in [6.45, 7) is 7.77. The molecule has 1 aliphatic heterocycles. The number of methoxy groups -OCH3 is 1. The fourth-order valence-corrected chi connectivity index (χ4v) is 3.26. The first kappa shape index (κ1) is 16.4. The number of phenols is 1. The Labute approximate surface area is 142 Å². The SMILES string of the molecule is COC(=O)C(C)c1cc(O)c2c(c1)OC(C)(C)c1ccc(C)cc1-2. The van der Waals surface area contributed by atoms with Crippen molar-refractivity contribution in [2.75, 3.05) is 7.11 Å². The maximum Gasteiger partial charge on any atom is 0.312 e. The van der Waals surface area contributed by atoms with E-state index in [2.05, 4.69) is 6.07 Å². The molecular weight excluding hydrogens is 304 g/mol. The van der Waals surface area contributed by atoms with Crippen LogP contribution in [0.3, 0.4) is 0 Å². The van der Waals surface area contributed by atoms with E-state index in [9.17, 15) is 9.90 Å². The number of hydrogen-bond donors (Lipinski definition) is 1. The Hall–Kier alpha value is -2.49. The van der Waals surface area contributed by atoms with Crippen molar-refractivity contribution >= 4 is 5.97 Å². The molecular formula is C20H22O4. The number of benzene rings is 2. The quantitative estimate of drug-likeness (QED) is 0.837. The second-order valence-electron chi connectivity index (χ2n) is 6.82. The lowest BCUT2D eigenvalue weighted by Gasteiger charge is -2.35. The lowest BCUT2D eigenvalue weighted by molar-refractivity contribution is -0.141. The third-order valence-corrected chi connectivity index (χ3v) is 4.62. The number of carbonyl (C=O) groups is 1. The molecule has 24 heavy (non-hydrogen) atoms. The molecule has 1 aliphatic rings. The summed E-state index contributed by atoms with van der Waals surface area (Å²) in [5.74, 6) is -0.123. The van der Waals surface area contributed by atoms with Crippen molar-refractivity contribution in [2.24, 2.45) is 0 Å². The topological polar surface area (TPSA) is 55.8 Å². The van der Waals surface area contributed by atoms with Gasteiger partial charge in [-0.3, -0.25) is 4.79 Å². The first-order valence-corrected chi connectivity index (χ1v) is 8.00. The van der Waals surface area contributed by atoms with Crippen LogP contribution in [0.15, 0.2) is 30.3 Å². The highest BCUT2D eigenvalue weighted by atomic mass is 16.5. The summed E-state index contributed by atoms with van der Waals surface area (Å²) in [6, 6.07) is 9.58. The average molecular weight is 326 g/mol. The molecule has 1 unspecified atom stereocenters. The summed E-state index contributed by atoms with van der Waals surface area (Å²) >= 11 is 0. The maximum absolute atomic E-state index is 11.8. The highest BCUT2D eigenvalue weighted by molar-refractivity contribution is 5.84. The van der Waals surface area contributed by atoms with Crippen LogP contribution < -0.4 is 4.74 Å². The summed E-state index contributed by atoms with van der Waals surface area (Å²) in [6.07, 6.45) is 0. The number of fused-ring (bicyclic) bond motifs is 3. The number of carbonyl (C=O) groups excluding carboxylic acids is 1. The van der Waals surface area contributed by atoms with Crippen molar-refractivity contribution in [1.82, 2.24) is 0 Å². The number of aromatic hydroxyl groups is 1. The van der Waals surface area contributed by atoms with E-state index in [4.69, 9.17) is 9.47 Å². The van der Waals surface area contributed by atoms with Gasteiger partial charge in [0, 0.05) is 5.56 Å². The van der Waals surface area contributed by atoms with Crippen LogP contribution in [-0.4, -0.2) is 18.2 Å². The highest BCUT2D eigenvalue weighted by Crippen LogP contribution is 2.50. The molecule has 0 radical (unpaired) electrons. The zero-order valence-electron chi connectivity index (χ0n) is 14.6. The van der Waals surface area contributed by atoms with Gasteiger partial charge in [-0.1, -0.05) is 23.8 Å². The minimum absolute atomic E-state index is 0.112. The van der Waals surface area contributed by atoms with Crippen molar-refractivity contribution in [2.45, 2.75) is 39.2 Å². The molecule has 0 amide bonds. The van der Waals surface area contributed by atoms with Crippen LogP contribution in [-0.2, 0) is 15.1 Å². The van der Waals surface area contributed by atoms with E-state index in [1.165, 1.54) is 7.11 Å². The standard InChI is InChI=1S/C20H22O4/c1-11-6-7-15-14(8-11)18-16(21)9-13(12(2)19(22)23-5)10-17(18)24-20(15,3)4/h6-10,12,21H,1-5H3. The highest BCUT2D eigenvalue weighted by Gasteiger charge is 2.35. The van der Waals surface area contributed by atoms with Gasteiger partial charge < -0.3 is 14.6 Å². The van der Waals surface area contributed by atoms with Gasteiger partial charge in [0.2, 0.25) is 0 Å². The molecule has 0 saturated heterocycles. The Morgan fingerprint density at radius 2 is 1.96 bits per heavy atom. The van der Waals surface area contributed by atoms with E-state index in [0.717, 1.165) is 16.7 Å². The molecule has 0 saturated carbocycles. The van der Waals surface area contributed by atoms with Crippen LogP contribution in [0, 0.1) is 6.92 Å². The lowest BCUT2D eigenvalue weighted by Crippen LogP contribution is -2.29. The molecule has 0 bridgehead atoms. The first-order valence-electron chi connectivity index (χ1n) is 8.00. The largest absolute Gasteiger partial charge is 0.507 e. The van der Waals surface area contributed by atoms with Crippen molar-refractivity contribution in [3.63, 3.8) is 0 Å². The Morgan fingerprint density at radius 3 is 2.62 bits per heavy atom. The van der Waals surface area contributed by atoms with Crippen molar-refractivity contribution in [3.05, 3.63) is 47.0 Å². The van der Waals surface area contributed by atoms with Gasteiger partial charge in [0.05, 0.1) is 18.6 Å². The molecule has 3 rings (SSSR count). The minimum Gasteiger partial charge on any atom is -0.507 e. The van der Waals surface area contributed by atoms with Crippen LogP contribution >= 0.6 is 0 Å². The van der Waals surface area contributed by atoms with Crippen LogP contribution in [0.4, 0.5) is 0 Å². The summed E-state index contributed by atoms with van der Waals surface area (Å²) in [5, 5.41) is 10.6. The molecule has 0 aliphatic carbocycles. The van der Waals surface area contributed by atoms with Gasteiger partial charge in [-0.15, -0.1) is 0 Å². The van der Waals surface area contributed by atoms with Crippen molar-refractivity contribution in [3.8, 4) is 22.6 Å². The molecule has 1 atom stereocenters. The van der Waals surface area contributed by atoms with Gasteiger partial charge in [0.25, 0.3) is 0 Å². The Balaban J connectivity index is 2.21. The average Bonchev–Trinajstić information content (AvgIpc) is 2.51. The second-order valence-corrected chi connectivity index (χ2v) is 6.82. The van der Waals surface area contributed by atoms with E-state index in [1.807, 2.05) is 39.0 Å². The van der Waals surface area contributed by atoms with E-state index in [1.54, 1.807) is 13.0 Å². The second kappa shape index (κ2) is 5.55. The number of hydrogen-bond acceptors (Lipinski definition) is 4. The molecule has 1 N–H and O–H groups in total. The van der Waals surface area contributed by atoms with Gasteiger partial charge >= 0.3 is 5.97 Å². The maximum atomic E-state index is 11.8. The summed E-state index contributed by atoms with van der Waals surface area (Å²) in [7, 11) is 1.36. The number of aryl methyl sites for hydroxylation is 1. The molecule has 0 aromatic heterocycles. The molecule has 0 fully saturated rings. The Morgan fingerprint density at radius 1 is 1.25 bits per heavy atom. The molecule has 4 heteroatoms. The fourth-order valence-electron chi connectivity index (χ4n) is 3.26. The van der Waals surface area contributed by atoms with Gasteiger partial charge in [-0.05, 0) is 51.0 Å². The van der Waals surface area contributed by atoms with E-state index in [-0.39, 0.29) is 11.7 Å². The van der Waals surface area contributed by atoms with Crippen LogP contribution in [0.2, 0.25) is 0 Å². The van der Waals surface area contributed by atoms with E-state index in [0.29, 0.717) is 16.9 Å². The van der Waals surface area contributed by atoms with Gasteiger partial charge in [-0.2, -0.15) is 0 Å². The van der Waals surface area contributed by atoms with Crippen LogP contribution in [0.1, 0.15) is 43.4 Å². The Kier molecular flexibility index (Phi) is 3.78. The minimum atomic E-state index is -0.518. The first-order chi connectivity index (χ1) is 11.2. The predicted octanol–water partition coefficient (Wildman–Crippen LogP) is 4.27. The normalized spacial score (nSPS) is 15.7. The monoisotopic (exact) mass is 326 g/mol. The zero-order valence-corrected chi connectivity index (χ0v) is 14.6. The van der Waals surface area contributed by atoms with Gasteiger partial charge in [0.1, 0.15) is 17.1 Å². The van der Waals surface area contributed by atoms with E-state index < -0.39 is 11.5 Å². The van der Waals surface area contributed by atoms with Crippen LogP contribution in [0.5, 0.6) is 11.5 Å². The molecule has 1 heterocycles. The Bertz CT molecular complexity index is 821. The zero-order chi connectivity index (χ0) is 17.6. The third-order valence-electron chi connectivity index (χ3n) is 4.62. The lowest BCUT2D eigenvalue weighted by atomic mass is 9.84. The van der Waals surface area contributed by atoms with Crippen molar-refractivity contribution < 1.29 is 19.4 Å². The van der Waals surface area contributed by atoms with Gasteiger partial charge in [-0.25, -0.2) is 0 Å². The molecule has 2 aromatic rings. The number of ether oxygens (including phenoxy) is 2. The van der Waals surface area contributed by atoms with Crippen molar-refractivity contribution in [1.29, 1.82) is 0 Å². The number of phenolic OH excluding ortho intramolecular Hbond substituents is 1. The molecule has 4 nitrogen and oxygen atoms in total. The molecule has 126 valence electrons. The smallest absolute Gasteiger partial charge is 0.312 e. The number of rotatable bonds is 2. The summed E-state index contributed by atoms with van der Waals surface area (Å²) < 4.78 is 11.0. The fraction of sp³-hybridized carbons (Fsp3) is 0.350. The third kappa shape index (κ3) is 2.52. The predicted molar refractivity (Wildman–Crippen MR) is 92.4 cm³/mol. The summed E-state index contributed by atoms with van der Waals surface area (Å²) in [4.78, 5) is 11.8. The summed E-state index contributed by atoms with van der Waals surface area (Å²) in [5.41, 5.74) is 3.94.